The molecule has 1 fully saturated rings. The Hall–Kier alpha value is -0.610. The van der Waals surface area contributed by atoms with Crippen molar-refractivity contribution in [2.75, 3.05) is 26.7 Å². The maximum absolute atomic E-state index is 10.7. The Morgan fingerprint density at radius 3 is 2.92 bits per heavy atom. The number of hydrogen-bond donors (Lipinski definition) is 1. The number of rotatable bonds is 3. The van der Waals surface area contributed by atoms with E-state index in [1.807, 2.05) is 6.92 Å². The summed E-state index contributed by atoms with van der Waals surface area (Å²) in [5, 5.41) is 3.22. The number of carbonyl (C=O) groups excluding carboxylic acids is 1. The SMILES string of the molecule is CCC1(OC)CNCCN1C=O. The maximum atomic E-state index is 10.7. The molecule has 0 spiro atoms. The number of methoxy groups -OCH3 is 1. The van der Waals surface area contributed by atoms with E-state index in [1.54, 1.807) is 12.0 Å². The number of amides is 1. The van der Waals surface area contributed by atoms with Crippen molar-refractivity contribution in [3.05, 3.63) is 0 Å². The molecule has 70 valence electrons. The van der Waals surface area contributed by atoms with Crippen LogP contribution in [-0.4, -0.2) is 43.8 Å². The van der Waals surface area contributed by atoms with Gasteiger partial charge in [-0.1, -0.05) is 6.92 Å². The van der Waals surface area contributed by atoms with E-state index < -0.39 is 5.72 Å². The summed E-state index contributed by atoms with van der Waals surface area (Å²) in [6, 6.07) is 0. The highest BCUT2D eigenvalue weighted by Crippen LogP contribution is 2.20. The van der Waals surface area contributed by atoms with Gasteiger partial charge in [0.15, 0.2) is 5.72 Å². The Morgan fingerprint density at radius 2 is 2.50 bits per heavy atom. The predicted octanol–water partition coefficient (Wildman–Crippen LogP) is -0.199. The minimum Gasteiger partial charge on any atom is -0.357 e. The van der Waals surface area contributed by atoms with Crippen molar-refractivity contribution in [1.29, 1.82) is 0 Å². The van der Waals surface area contributed by atoms with Crippen LogP contribution in [-0.2, 0) is 9.53 Å². The van der Waals surface area contributed by atoms with E-state index in [-0.39, 0.29) is 0 Å². The molecule has 0 aromatic carbocycles. The van der Waals surface area contributed by atoms with E-state index in [9.17, 15) is 4.79 Å². The minimum absolute atomic E-state index is 0.417. The Bertz CT molecular complexity index is 157. The fraction of sp³-hybridized carbons (Fsp3) is 0.875. The van der Waals surface area contributed by atoms with Crippen molar-refractivity contribution in [2.24, 2.45) is 0 Å². The van der Waals surface area contributed by atoms with E-state index in [0.717, 1.165) is 32.5 Å². The Balaban J connectivity index is 2.72. The third-order valence-electron chi connectivity index (χ3n) is 2.51. The van der Waals surface area contributed by atoms with Crippen molar-refractivity contribution < 1.29 is 9.53 Å². The monoisotopic (exact) mass is 172 g/mol. The fourth-order valence-electron chi connectivity index (χ4n) is 1.60. The number of nitrogens with one attached hydrogen (secondary N) is 1. The van der Waals surface area contributed by atoms with Crippen molar-refractivity contribution in [1.82, 2.24) is 10.2 Å². The second-order valence-electron chi connectivity index (χ2n) is 2.98. The third kappa shape index (κ3) is 1.44. The quantitative estimate of drug-likeness (QED) is 0.599. The summed E-state index contributed by atoms with van der Waals surface area (Å²) in [5.74, 6) is 0. The smallest absolute Gasteiger partial charge is 0.212 e. The van der Waals surface area contributed by atoms with Crippen LogP contribution in [0.1, 0.15) is 13.3 Å². The van der Waals surface area contributed by atoms with Crippen LogP contribution in [0.5, 0.6) is 0 Å². The van der Waals surface area contributed by atoms with E-state index in [0.29, 0.717) is 0 Å². The van der Waals surface area contributed by atoms with Crippen LogP contribution in [0, 0.1) is 0 Å². The number of ether oxygens (including phenoxy) is 1. The van der Waals surface area contributed by atoms with E-state index >= 15 is 0 Å². The first kappa shape index (κ1) is 9.48. The molecular formula is C8H16N2O2. The van der Waals surface area contributed by atoms with Crippen molar-refractivity contribution in [2.45, 2.75) is 19.1 Å². The standard InChI is InChI=1S/C8H16N2O2/c1-3-8(12-2)6-9-4-5-10(8)7-11/h7,9H,3-6H2,1-2H3. The second kappa shape index (κ2) is 3.87. The molecule has 1 atom stereocenters. The zero-order valence-corrected chi connectivity index (χ0v) is 7.67. The first-order chi connectivity index (χ1) is 5.79. The van der Waals surface area contributed by atoms with E-state index in [4.69, 9.17) is 4.74 Å². The van der Waals surface area contributed by atoms with Gasteiger partial charge in [0, 0.05) is 26.7 Å². The topological polar surface area (TPSA) is 41.6 Å². The molecule has 1 amide bonds. The number of carbonyl (C=O) groups is 1. The molecule has 1 N–H and O–H groups in total. The minimum atomic E-state index is -0.417. The highest BCUT2D eigenvalue weighted by molar-refractivity contribution is 5.49. The van der Waals surface area contributed by atoms with Gasteiger partial charge in [-0.25, -0.2) is 0 Å². The summed E-state index contributed by atoms with van der Waals surface area (Å²) in [5.41, 5.74) is -0.417. The van der Waals surface area contributed by atoms with Crippen LogP contribution in [0.2, 0.25) is 0 Å². The Morgan fingerprint density at radius 1 is 1.75 bits per heavy atom. The third-order valence-corrected chi connectivity index (χ3v) is 2.51. The Labute approximate surface area is 72.9 Å². The lowest BCUT2D eigenvalue weighted by molar-refractivity contribution is -0.162. The molecule has 4 heteroatoms. The molecule has 0 saturated carbocycles. The maximum Gasteiger partial charge on any atom is 0.212 e. The first-order valence-electron chi connectivity index (χ1n) is 4.27. The zero-order chi connectivity index (χ0) is 9.03. The predicted molar refractivity (Wildman–Crippen MR) is 45.7 cm³/mol. The van der Waals surface area contributed by atoms with Crippen LogP contribution < -0.4 is 5.32 Å². The van der Waals surface area contributed by atoms with Gasteiger partial charge < -0.3 is 15.0 Å². The molecule has 1 rings (SSSR count). The molecule has 0 radical (unpaired) electrons. The van der Waals surface area contributed by atoms with Gasteiger partial charge in [-0.15, -0.1) is 0 Å². The average molecular weight is 172 g/mol. The Kier molecular flexibility index (Phi) is 3.05. The van der Waals surface area contributed by atoms with Gasteiger partial charge in [-0.05, 0) is 6.42 Å². The number of piperazine rings is 1. The lowest BCUT2D eigenvalue weighted by Crippen LogP contribution is -2.61. The van der Waals surface area contributed by atoms with Gasteiger partial charge in [-0.3, -0.25) is 4.79 Å². The van der Waals surface area contributed by atoms with Crippen molar-refractivity contribution >= 4 is 6.41 Å². The largest absolute Gasteiger partial charge is 0.357 e. The molecule has 0 aliphatic carbocycles. The summed E-state index contributed by atoms with van der Waals surface area (Å²) in [4.78, 5) is 12.4. The van der Waals surface area contributed by atoms with Crippen LogP contribution in [0.4, 0.5) is 0 Å². The molecule has 1 aliphatic heterocycles. The lowest BCUT2D eigenvalue weighted by atomic mass is 10.1. The van der Waals surface area contributed by atoms with Crippen LogP contribution in [0.25, 0.3) is 0 Å². The summed E-state index contributed by atoms with van der Waals surface area (Å²) in [6.07, 6.45) is 1.68. The van der Waals surface area contributed by atoms with E-state index in [1.165, 1.54) is 0 Å². The molecule has 0 aromatic heterocycles. The second-order valence-corrected chi connectivity index (χ2v) is 2.98. The highest BCUT2D eigenvalue weighted by Gasteiger charge is 2.36. The summed E-state index contributed by atoms with van der Waals surface area (Å²) < 4.78 is 5.36. The normalized spacial score (nSPS) is 30.3. The summed E-state index contributed by atoms with van der Waals surface area (Å²) in [6.45, 7) is 4.32. The molecule has 0 aromatic rings. The molecule has 4 nitrogen and oxygen atoms in total. The van der Waals surface area contributed by atoms with Gasteiger partial charge >= 0.3 is 0 Å². The first-order valence-corrected chi connectivity index (χ1v) is 4.27. The average Bonchev–Trinajstić information content (AvgIpc) is 2.17. The highest BCUT2D eigenvalue weighted by atomic mass is 16.5. The molecular weight excluding hydrogens is 156 g/mol. The van der Waals surface area contributed by atoms with Gasteiger partial charge in [0.2, 0.25) is 6.41 Å². The number of hydrogen-bond acceptors (Lipinski definition) is 3. The van der Waals surface area contributed by atoms with Crippen LogP contribution in [0.3, 0.4) is 0 Å². The van der Waals surface area contributed by atoms with Crippen LogP contribution >= 0.6 is 0 Å². The molecule has 1 aliphatic rings. The van der Waals surface area contributed by atoms with Gasteiger partial charge in [0.25, 0.3) is 0 Å². The van der Waals surface area contributed by atoms with Gasteiger partial charge in [0.1, 0.15) is 0 Å². The van der Waals surface area contributed by atoms with Crippen molar-refractivity contribution in [3.63, 3.8) is 0 Å². The van der Waals surface area contributed by atoms with Gasteiger partial charge in [-0.2, -0.15) is 0 Å². The van der Waals surface area contributed by atoms with E-state index in [2.05, 4.69) is 5.32 Å². The van der Waals surface area contributed by atoms with Crippen molar-refractivity contribution in [3.8, 4) is 0 Å². The van der Waals surface area contributed by atoms with Gasteiger partial charge in [0.05, 0.1) is 0 Å². The lowest BCUT2D eigenvalue weighted by Gasteiger charge is -2.43. The molecule has 0 bridgehead atoms. The molecule has 1 unspecified atom stereocenters. The summed E-state index contributed by atoms with van der Waals surface area (Å²) in [7, 11) is 1.65. The fourth-order valence-corrected chi connectivity index (χ4v) is 1.60. The number of nitrogens with zero attached hydrogens (tertiary/aromatic N) is 1. The van der Waals surface area contributed by atoms with Crippen LogP contribution in [0.15, 0.2) is 0 Å². The summed E-state index contributed by atoms with van der Waals surface area (Å²) >= 11 is 0. The molecule has 1 saturated heterocycles. The zero-order valence-electron chi connectivity index (χ0n) is 7.67. The molecule has 1 heterocycles. The molecule has 12 heavy (non-hydrogen) atoms.